The van der Waals surface area contributed by atoms with Gasteiger partial charge in [0.2, 0.25) is 5.91 Å². The first-order valence-electron chi connectivity index (χ1n) is 12.3. The molecule has 0 bridgehead atoms. The van der Waals surface area contributed by atoms with Crippen molar-refractivity contribution in [2.45, 2.75) is 20.3 Å². The summed E-state index contributed by atoms with van der Waals surface area (Å²) >= 11 is 0. The lowest BCUT2D eigenvalue weighted by Crippen LogP contribution is -2.13. The number of anilines is 1. The van der Waals surface area contributed by atoms with Crippen molar-refractivity contribution in [1.82, 2.24) is 30.1 Å². The number of carbonyl (C=O) groups excluding carboxylic acids is 1. The minimum absolute atomic E-state index is 0.0564. The molecule has 0 saturated heterocycles. The summed E-state index contributed by atoms with van der Waals surface area (Å²) in [7, 11) is 0. The highest BCUT2D eigenvalue weighted by Crippen LogP contribution is 2.33. The minimum Gasteiger partial charge on any atom is -0.337 e. The number of aromatic amines is 2. The number of pyridine rings is 2. The zero-order valence-electron chi connectivity index (χ0n) is 20.8. The minimum atomic E-state index is -0.304. The Hall–Kier alpha value is -4.92. The third-order valence-electron chi connectivity index (χ3n) is 6.26. The van der Waals surface area contributed by atoms with Crippen molar-refractivity contribution in [3.8, 4) is 33.9 Å². The molecule has 0 saturated carbocycles. The number of amides is 1. The number of rotatable bonds is 6. The summed E-state index contributed by atoms with van der Waals surface area (Å²) < 4.78 is 14.6. The molecule has 4 heterocycles. The van der Waals surface area contributed by atoms with Crippen LogP contribution in [0.4, 0.5) is 10.1 Å². The number of imidazole rings is 1. The summed E-state index contributed by atoms with van der Waals surface area (Å²) in [6.45, 7) is 4.00. The van der Waals surface area contributed by atoms with E-state index in [1.165, 1.54) is 6.07 Å². The molecule has 0 aliphatic rings. The van der Waals surface area contributed by atoms with Crippen molar-refractivity contribution >= 4 is 33.5 Å². The molecule has 0 atom stereocenters. The maximum absolute atomic E-state index is 14.6. The third-order valence-corrected chi connectivity index (χ3v) is 6.26. The molecule has 1 amide bonds. The molecule has 0 radical (unpaired) electrons. The summed E-state index contributed by atoms with van der Waals surface area (Å²) in [4.78, 5) is 29.2. The Morgan fingerprint density at radius 2 is 1.84 bits per heavy atom. The van der Waals surface area contributed by atoms with Crippen LogP contribution in [0.25, 0.3) is 55.8 Å². The molecule has 4 aromatic heterocycles. The van der Waals surface area contributed by atoms with Crippen molar-refractivity contribution in [3.05, 3.63) is 79.0 Å². The third kappa shape index (κ3) is 4.39. The first kappa shape index (κ1) is 23.5. The Morgan fingerprint density at radius 1 is 1.00 bits per heavy atom. The molecule has 8 nitrogen and oxygen atoms in total. The van der Waals surface area contributed by atoms with E-state index in [0.29, 0.717) is 46.0 Å². The van der Waals surface area contributed by atoms with Gasteiger partial charge in [-0.3, -0.25) is 19.9 Å². The zero-order valence-corrected chi connectivity index (χ0v) is 20.8. The van der Waals surface area contributed by atoms with E-state index in [1.54, 1.807) is 36.8 Å². The van der Waals surface area contributed by atoms with Crippen LogP contribution in [0, 0.1) is 11.7 Å². The average molecular weight is 506 g/mol. The standard InChI is InChI=1S/C29H24FN7O/c1-16(2)10-26(38)33-18-11-17(13-31-14-18)24-12-21-25(15-32-24)36-37-28(21)29-34-23-9-5-7-20(27(23)35-29)19-6-3-4-8-22(19)30/h3-9,11-16H,10H2,1-2H3,(H,33,38)(H,34,35)(H,36,37). The second-order valence-corrected chi connectivity index (χ2v) is 9.56. The van der Waals surface area contributed by atoms with Gasteiger partial charge in [-0.15, -0.1) is 0 Å². The van der Waals surface area contributed by atoms with E-state index in [1.807, 2.05) is 44.2 Å². The van der Waals surface area contributed by atoms with Gasteiger partial charge in [-0.2, -0.15) is 5.10 Å². The summed E-state index contributed by atoms with van der Waals surface area (Å²) in [6, 6.07) is 16.1. The largest absolute Gasteiger partial charge is 0.337 e. The van der Waals surface area contributed by atoms with Crippen LogP contribution in [0.2, 0.25) is 0 Å². The van der Waals surface area contributed by atoms with E-state index < -0.39 is 0 Å². The average Bonchev–Trinajstić information content (AvgIpc) is 3.52. The number of hydrogen-bond acceptors (Lipinski definition) is 5. The lowest BCUT2D eigenvalue weighted by Gasteiger charge is -2.08. The molecule has 3 N–H and O–H groups in total. The predicted molar refractivity (Wildman–Crippen MR) is 146 cm³/mol. The molecule has 188 valence electrons. The Balaban J connectivity index is 1.39. The van der Waals surface area contributed by atoms with Crippen LogP contribution in [0.15, 0.2) is 73.2 Å². The van der Waals surface area contributed by atoms with Crippen molar-refractivity contribution in [2.75, 3.05) is 5.32 Å². The number of halogens is 1. The summed E-state index contributed by atoms with van der Waals surface area (Å²) in [5, 5.41) is 11.2. The fourth-order valence-electron chi connectivity index (χ4n) is 4.53. The Labute approximate surface area is 217 Å². The number of H-pyrrole nitrogens is 2. The number of para-hydroxylation sites is 1. The molecular weight excluding hydrogens is 481 g/mol. The molecule has 0 aliphatic carbocycles. The van der Waals surface area contributed by atoms with E-state index in [9.17, 15) is 9.18 Å². The summed E-state index contributed by atoms with van der Waals surface area (Å²) in [5.74, 6) is 0.455. The molecule has 38 heavy (non-hydrogen) atoms. The van der Waals surface area contributed by atoms with Crippen LogP contribution in [0.1, 0.15) is 20.3 Å². The van der Waals surface area contributed by atoms with Gasteiger partial charge in [-0.25, -0.2) is 9.37 Å². The zero-order chi connectivity index (χ0) is 26.2. The summed E-state index contributed by atoms with van der Waals surface area (Å²) in [6.07, 6.45) is 5.46. The molecule has 6 rings (SSSR count). The van der Waals surface area contributed by atoms with Crippen molar-refractivity contribution in [1.29, 1.82) is 0 Å². The quantitative estimate of drug-likeness (QED) is 0.244. The highest BCUT2D eigenvalue weighted by molar-refractivity contribution is 5.98. The van der Waals surface area contributed by atoms with E-state index in [0.717, 1.165) is 22.0 Å². The molecule has 9 heteroatoms. The van der Waals surface area contributed by atoms with Crippen molar-refractivity contribution in [2.24, 2.45) is 5.92 Å². The monoisotopic (exact) mass is 505 g/mol. The Bertz CT molecular complexity index is 1800. The first-order valence-corrected chi connectivity index (χ1v) is 12.3. The van der Waals surface area contributed by atoms with Crippen LogP contribution >= 0.6 is 0 Å². The maximum Gasteiger partial charge on any atom is 0.224 e. The van der Waals surface area contributed by atoms with Gasteiger partial charge in [0.25, 0.3) is 0 Å². The van der Waals surface area contributed by atoms with E-state index in [-0.39, 0.29) is 17.6 Å². The molecular formula is C29H24FN7O. The van der Waals surface area contributed by atoms with Gasteiger partial charge in [-0.05, 0) is 30.2 Å². The lowest BCUT2D eigenvalue weighted by molar-refractivity contribution is -0.116. The van der Waals surface area contributed by atoms with Crippen LogP contribution in [-0.2, 0) is 4.79 Å². The number of hydrogen-bond donors (Lipinski definition) is 3. The van der Waals surface area contributed by atoms with Crippen LogP contribution in [0.3, 0.4) is 0 Å². The number of benzene rings is 2. The smallest absolute Gasteiger partial charge is 0.224 e. The van der Waals surface area contributed by atoms with E-state index in [4.69, 9.17) is 4.98 Å². The van der Waals surface area contributed by atoms with Crippen LogP contribution in [-0.4, -0.2) is 36.0 Å². The van der Waals surface area contributed by atoms with E-state index >= 15 is 0 Å². The fourth-order valence-corrected chi connectivity index (χ4v) is 4.53. The predicted octanol–water partition coefficient (Wildman–Crippen LogP) is 6.35. The number of fused-ring (bicyclic) bond motifs is 2. The number of nitrogens with zero attached hydrogens (tertiary/aromatic N) is 4. The lowest BCUT2D eigenvalue weighted by atomic mass is 10.0. The fraction of sp³-hybridized carbons (Fsp3) is 0.138. The highest BCUT2D eigenvalue weighted by Gasteiger charge is 2.17. The van der Waals surface area contributed by atoms with Gasteiger partial charge in [0, 0.05) is 34.7 Å². The van der Waals surface area contributed by atoms with Gasteiger partial charge in [0.15, 0.2) is 5.82 Å². The van der Waals surface area contributed by atoms with Crippen molar-refractivity contribution in [3.63, 3.8) is 0 Å². The molecule has 0 unspecified atom stereocenters. The number of aromatic nitrogens is 6. The van der Waals surface area contributed by atoms with Crippen molar-refractivity contribution < 1.29 is 9.18 Å². The van der Waals surface area contributed by atoms with Gasteiger partial charge < -0.3 is 10.3 Å². The number of nitrogens with one attached hydrogen (secondary N) is 3. The normalized spacial score (nSPS) is 11.5. The van der Waals surface area contributed by atoms with E-state index in [2.05, 4.69) is 30.5 Å². The second-order valence-electron chi connectivity index (χ2n) is 9.56. The molecule has 2 aromatic carbocycles. The van der Waals surface area contributed by atoms with Gasteiger partial charge >= 0.3 is 0 Å². The molecule has 0 aliphatic heterocycles. The molecule has 0 spiro atoms. The first-order chi connectivity index (χ1) is 18.5. The molecule has 6 aromatic rings. The van der Waals surface area contributed by atoms with Gasteiger partial charge in [-0.1, -0.05) is 44.2 Å². The summed E-state index contributed by atoms with van der Waals surface area (Å²) in [5.41, 5.74) is 6.04. The van der Waals surface area contributed by atoms with Gasteiger partial charge in [0.05, 0.1) is 40.3 Å². The van der Waals surface area contributed by atoms with Crippen LogP contribution in [0.5, 0.6) is 0 Å². The second kappa shape index (κ2) is 9.51. The Morgan fingerprint density at radius 3 is 2.68 bits per heavy atom. The van der Waals surface area contributed by atoms with Gasteiger partial charge in [0.1, 0.15) is 11.5 Å². The highest BCUT2D eigenvalue weighted by atomic mass is 19.1. The Kier molecular flexibility index (Phi) is 5.88. The molecule has 0 fully saturated rings. The van der Waals surface area contributed by atoms with Crippen LogP contribution < -0.4 is 5.32 Å². The topological polar surface area (TPSA) is 112 Å². The number of carbonyl (C=O) groups is 1. The SMILES string of the molecule is CC(C)CC(=O)Nc1cncc(-c2cc3c(-c4nc5c(-c6ccccc6F)cccc5[nH]4)n[nH]c3cn2)c1. The maximum atomic E-state index is 14.6.